The SMILES string of the molecule is CCCC1CCCN(C(=O)CCCCBr)CC1. The number of unbranched alkanes of at least 4 members (excludes halogenated alkanes) is 1. The van der Waals surface area contributed by atoms with Crippen LogP contribution in [0.4, 0.5) is 0 Å². The Bertz CT molecular complexity index is 220. The summed E-state index contributed by atoms with van der Waals surface area (Å²) in [6.07, 6.45) is 9.24. The van der Waals surface area contributed by atoms with Crippen molar-refractivity contribution < 1.29 is 4.79 Å². The van der Waals surface area contributed by atoms with Gasteiger partial charge in [0.2, 0.25) is 5.91 Å². The highest BCUT2D eigenvalue weighted by Crippen LogP contribution is 2.22. The maximum atomic E-state index is 12.0. The van der Waals surface area contributed by atoms with E-state index in [1.807, 2.05) is 0 Å². The molecule has 1 fully saturated rings. The second-order valence-corrected chi connectivity index (χ2v) is 5.91. The molecule has 0 aromatic heterocycles. The number of amides is 1. The maximum Gasteiger partial charge on any atom is 0.222 e. The molecule has 2 nitrogen and oxygen atoms in total. The third-order valence-corrected chi connectivity index (χ3v) is 4.23. The molecule has 1 unspecified atom stereocenters. The van der Waals surface area contributed by atoms with Gasteiger partial charge in [0, 0.05) is 24.8 Å². The average Bonchev–Trinajstić information content (AvgIpc) is 2.55. The monoisotopic (exact) mass is 303 g/mol. The molecule has 1 amide bonds. The lowest BCUT2D eigenvalue weighted by Crippen LogP contribution is -2.31. The fraction of sp³-hybridized carbons (Fsp3) is 0.929. The van der Waals surface area contributed by atoms with Crippen LogP contribution in [0, 0.1) is 5.92 Å². The van der Waals surface area contributed by atoms with Crippen molar-refractivity contribution in [3.8, 4) is 0 Å². The molecule has 0 saturated carbocycles. The van der Waals surface area contributed by atoms with E-state index < -0.39 is 0 Å². The number of carbonyl (C=O) groups excluding carboxylic acids is 1. The zero-order valence-corrected chi connectivity index (χ0v) is 12.7. The first kappa shape index (κ1) is 15.0. The Kier molecular flexibility index (Phi) is 7.91. The van der Waals surface area contributed by atoms with Crippen LogP contribution >= 0.6 is 15.9 Å². The molecule has 0 bridgehead atoms. The molecule has 1 saturated heterocycles. The minimum absolute atomic E-state index is 0.378. The summed E-state index contributed by atoms with van der Waals surface area (Å²) in [5, 5.41) is 1.01. The Morgan fingerprint density at radius 1 is 1.29 bits per heavy atom. The topological polar surface area (TPSA) is 20.3 Å². The lowest BCUT2D eigenvalue weighted by atomic mass is 9.96. The normalized spacial score (nSPS) is 21.3. The fourth-order valence-electron chi connectivity index (χ4n) is 2.64. The molecule has 0 radical (unpaired) electrons. The quantitative estimate of drug-likeness (QED) is 0.537. The number of nitrogens with zero attached hydrogens (tertiary/aromatic N) is 1. The first-order chi connectivity index (χ1) is 8.27. The summed E-state index contributed by atoms with van der Waals surface area (Å²) in [4.78, 5) is 14.1. The summed E-state index contributed by atoms with van der Waals surface area (Å²) in [6, 6.07) is 0. The van der Waals surface area contributed by atoms with Crippen molar-refractivity contribution in [1.82, 2.24) is 4.90 Å². The average molecular weight is 304 g/mol. The molecule has 0 spiro atoms. The predicted molar refractivity (Wildman–Crippen MR) is 76.5 cm³/mol. The van der Waals surface area contributed by atoms with Gasteiger partial charge in [0.15, 0.2) is 0 Å². The third kappa shape index (κ3) is 5.89. The minimum Gasteiger partial charge on any atom is -0.343 e. The number of carbonyl (C=O) groups is 1. The van der Waals surface area contributed by atoms with Crippen LogP contribution in [0.1, 0.15) is 58.3 Å². The molecule has 0 N–H and O–H groups in total. The molecule has 0 aliphatic carbocycles. The molecule has 0 aromatic carbocycles. The standard InChI is InChI=1S/C14H26BrNO/c1-2-6-13-7-5-11-16(12-9-13)14(17)8-3-4-10-15/h13H,2-12H2,1H3. The molecule has 100 valence electrons. The lowest BCUT2D eigenvalue weighted by Gasteiger charge is -2.20. The van der Waals surface area contributed by atoms with Crippen LogP contribution in [0.3, 0.4) is 0 Å². The van der Waals surface area contributed by atoms with Crippen LogP contribution < -0.4 is 0 Å². The molecule has 0 aromatic rings. The van der Waals surface area contributed by atoms with Crippen LogP contribution in [0.15, 0.2) is 0 Å². The van der Waals surface area contributed by atoms with Gasteiger partial charge in [-0.2, -0.15) is 0 Å². The summed E-state index contributed by atoms with van der Waals surface area (Å²) >= 11 is 3.41. The van der Waals surface area contributed by atoms with Gasteiger partial charge < -0.3 is 4.90 Å². The van der Waals surface area contributed by atoms with Crippen molar-refractivity contribution in [3.63, 3.8) is 0 Å². The molecular formula is C14H26BrNO. The van der Waals surface area contributed by atoms with Gasteiger partial charge in [-0.3, -0.25) is 4.79 Å². The molecule has 1 atom stereocenters. The number of rotatable bonds is 6. The van der Waals surface area contributed by atoms with Crippen molar-refractivity contribution in [2.75, 3.05) is 18.4 Å². The predicted octanol–water partition coefficient (Wildman–Crippen LogP) is 3.98. The van der Waals surface area contributed by atoms with Gasteiger partial charge in [-0.05, 0) is 38.0 Å². The van der Waals surface area contributed by atoms with E-state index in [2.05, 4.69) is 27.8 Å². The smallest absolute Gasteiger partial charge is 0.222 e. The third-order valence-electron chi connectivity index (χ3n) is 3.67. The van der Waals surface area contributed by atoms with Gasteiger partial charge in [-0.1, -0.05) is 35.7 Å². The van der Waals surface area contributed by atoms with Crippen molar-refractivity contribution in [1.29, 1.82) is 0 Å². The van der Waals surface area contributed by atoms with Gasteiger partial charge in [-0.25, -0.2) is 0 Å². The fourth-order valence-corrected chi connectivity index (χ4v) is 3.04. The van der Waals surface area contributed by atoms with Crippen molar-refractivity contribution in [2.45, 2.75) is 58.3 Å². The number of halogens is 1. The minimum atomic E-state index is 0.378. The van der Waals surface area contributed by atoms with Crippen LogP contribution in [-0.4, -0.2) is 29.2 Å². The van der Waals surface area contributed by atoms with Gasteiger partial charge in [0.25, 0.3) is 0 Å². The summed E-state index contributed by atoms with van der Waals surface area (Å²) in [6.45, 7) is 4.25. The van der Waals surface area contributed by atoms with E-state index in [9.17, 15) is 4.79 Å². The van der Waals surface area contributed by atoms with Crippen LogP contribution in [0.25, 0.3) is 0 Å². The summed E-state index contributed by atoms with van der Waals surface area (Å²) in [5.74, 6) is 1.24. The first-order valence-corrected chi connectivity index (χ1v) is 8.23. The van der Waals surface area contributed by atoms with Crippen LogP contribution in [0.2, 0.25) is 0 Å². The molecule has 17 heavy (non-hydrogen) atoms. The maximum absolute atomic E-state index is 12.0. The van der Waals surface area contributed by atoms with Gasteiger partial charge in [-0.15, -0.1) is 0 Å². The lowest BCUT2D eigenvalue weighted by molar-refractivity contribution is -0.131. The Morgan fingerprint density at radius 2 is 2.12 bits per heavy atom. The molecule has 1 aliphatic heterocycles. The highest BCUT2D eigenvalue weighted by Gasteiger charge is 2.19. The van der Waals surface area contributed by atoms with E-state index >= 15 is 0 Å². The second-order valence-electron chi connectivity index (χ2n) is 5.11. The number of hydrogen-bond donors (Lipinski definition) is 0. The van der Waals surface area contributed by atoms with Crippen LogP contribution in [-0.2, 0) is 4.79 Å². The molecule has 1 aliphatic rings. The zero-order valence-electron chi connectivity index (χ0n) is 11.1. The van der Waals surface area contributed by atoms with E-state index in [-0.39, 0.29) is 0 Å². The Morgan fingerprint density at radius 3 is 2.82 bits per heavy atom. The summed E-state index contributed by atoms with van der Waals surface area (Å²) < 4.78 is 0. The van der Waals surface area contributed by atoms with E-state index in [0.717, 1.165) is 43.6 Å². The molecule has 1 heterocycles. The number of hydrogen-bond acceptors (Lipinski definition) is 1. The highest BCUT2D eigenvalue weighted by molar-refractivity contribution is 9.09. The van der Waals surface area contributed by atoms with Crippen molar-refractivity contribution >= 4 is 21.8 Å². The highest BCUT2D eigenvalue weighted by atomic mass is 79.9. The number of likely N-dealkylation sites (tertiary alicyclic amines) is 1. The molecule has 3 heteroatoms. The Balaban J connectivity index is 2.27. The zero-order chi connectivity index (χ0) is 12.5. The van der Waals surface area contributed by atoms with E-state index in [1.165, 1.54) is 32.1 Å². The Hall–Kier alpha value is -0.0500. The second kappa shape index (κ2) is 8.96. The van der Waals surface area contributed by atoms with Gasteiger partial charge in [0.1, 0.15) is 0 Å². The van der Waals surface area contributed by atoms with Gasteiger partial charge >= 0.3 is 0 Å². The first-order valence-electron chi connectivity index (χ1n) is 7.11. The van der Waals surface area contributed by atoms with Crippen molar-refractivity contribution in [2.24, 2.45) is 5.92 Å². The molecule has 1 rings (SSSR count). The largest absolute Gasteiger partial charge is 0.343 e. The van der Waals surface area contributed by atoms with Crippen LogP contribution in [0.5, 0.6) is 0 Å². The number of alkyl halides is 1. The van der Waals surface area contributed by atoms with E-state index in [4.69, 9.17) is 0 Å². The summed E-state index contributed by atoms with van der Waals surface area (Å²) in [7, 11) is 0. The Labute approximate surface area is 114 Å². The molecular weight excluding hydrogens is 278 g/mol. The summed E-state index contributed by atoms with van der Waals surface area (Å²) in [5.41, 5.74) is 0. The van der Waals surface area contributed by atoms with E-state index in [1.54, 1.807) is 0 Å². The van der Waals surface area contributed by atoms with E-state index in [0.29, 0.717) is 5.91 Å². The van der Waals surface area contributed by atoms with Crippen molar-refractivity contribution in [3.05, 3.63) is 0 Å². The van der Waals surface area contributed by atoms with Gasteiger partial charge in [0.05, 0.1) is 0 Å².